The lowest BCUT2D eigenvalue weighted by Crippen LogP contribution is -2.36. The SMILES string of the molecule is COC(C)[C@@H](NC(=O)c1ccc(C(=O)N2CC=CC2)c(C)c1)c1nc2ccc(Cl)cc2[nH]1. The Bertz CT molecular complexity index is 1200. The number of imidazole rings is 1. The van der Waals surface area contributed by atoms with Gasteiger partial charge in [-0.3, -0.25) is 9.59 Å². The minimum atomic E-state index is -0.504. The number of aromatic amines is 1. The first-order valence-electron chi connectivity index (χ1n) is 10.4. The molecule has 1 unspecified atom stereocenters. The highest BCUT2D eigenvalue weighted by Crippen LogP contribution is 2.23. The molecule has 0 saturated heterocycles. The average molecular weight is 453 g/mol. The topological polar surface area (TPSA) is 87.3 Å². The van der Waals surface area contributed by atoms with Crippen LogP contribution >= 0.6 is 11.6 Å². The van der Waals surface area contributed by atoms with E-state index in [0.29, 0.717) is 35.1 Å². The molecule has 1 aliphatic rings. The maximum atomic E-state index is 13.1. The van der Waals surface area contributed by atoms with Crippen LogP contribution in [-0.4, -0.2) is 53.0 Å². The Morgan fingerprint density at radius 2 is 1.94 bits per heavy atom. The summed E-state index contributed by atoms with van der Waals surface area (Å²) in [6.07, 6.45) is 3.61. The van der Waals surface area contributed by atoms with Gasteiger partial charge in [-0.25, -0.2) is 4.98 Å². The summed E-state index contributed by atoms with van der Waals surface area (Å²) < 4.78 is 5.50. The Morgan fingerprint density at radius 1 is 1.19 bits per heavy atom. The van der Waals surface area contributed by atoms with Gasteiger partial charge in [-0.15, -0.1) is 0 Å². The number of aryl methyl sites for hydroxylation is 1. The van der Waals surface area contributed by atoms with Crippen molar-refractivity contribution >= 4 is 34.4 Å². The number of hydrogen-bond acceptors (Lipinski definition) is 4. The monoisotopic (exact) mass is 452 g/mol. The van der Waals surface area contributed by atoms with Gasteiger partial charge in [-0.1, -0.05) is 23.8 Å². The van der Waals surface area contributed by atoms with Crippen molar-refractivity contribution in [1.29, 1.82) is 0 Å². The van der Waals surface area contributed by atoms with Crippen LogP contribution in [0.25, 0.3) is 11.0 Å². The molecule has 2 aromatic carbocycles. The van der Waals surface area contributed by atoms with Crippen molar-refractivity contribution in [2.45, 2.75) is 26.0 Å². The molecule has 1 aliphatic heterocycles. The zero-order valence-electron chi connectivity index (χ0n) is 18.2. The summed E-state index contributed by atoms with van der Waals surface area (Å²) in [5.74, 6) is 0.267. The molecule has 1 aromatic heterocycles. The summed E-state index contributed by atoms with van der Waals surface area (Å²) in [4.78, 5) is 35.4. The normalized spacial score (nSPS) is 15.2. The molecule has 4 rings (SSSR count). The number of H-pyrrole nitrogens is 1. The number of hydrogen-bond donors (Lipinski definition) is 2. The van der Waals surface area contributed by atoms with Gasteiger partial charge >= 0.3 is 0 Å². The molecule has 8 heteroatoms. The van der Waals surface area contributed by atoms with Crippen molar-refractivity contribution in [1.82, 2.24) is 20.2 Å². The molecule has 0 spiro atoms. The van der Waals surface area contributed by atoms with Crippen LogP contribution in [0.4, 0.5) is 0 Å². The number of fused-ring (bicyclic) bond motifs is 1. The van der Waals surface area contributed by atoms with Crippen LogP contribution < -0.4 is 5.32 Å². The smallest absolute Gasteiger partial charge is 0.254 e. The van der Waals surface area contributed by atoms with Crippen LogP contribution in [-0.2, 0) is 4.74 Å². The number of carbonyl (C=O) groups excluding carboxylic acids is 2. The highest BCUT2D eigenvalue weighted by molar-refractivity contribution is 6.31. The standard InChI is InChI=1S/C24H25ClN4O3/c1-14-12-16(6-8-18(14)24(31)29-10-4-5-11-29)23(30)28-21(15(2)32-3)22-26-19-9-7-17(25)13-20(19)27-22/h4-9,12-13,15,21H,10-11H2,1-3H3,(H,26,27)(H,28,30)/t15?,21-/m1/s1. The predicted molar refractivity (Wildman–Crippen MR) is 124 cm³/mol. The third-order valence-electron chi connectivity index (χ3n) is 5.71. The zero-order valence-corrected chi connectivity index (χ0v) is 18.9. The Balaban J connectivity index is 1.56. The number of rotatable bonds is 6. The van der Waals surface area contributed by atoms with Crippen LogP contribution in [0.5, 0.6) is 0 Å². The van der Waals surface area contributed by atoms with Gasteiger partial charge in [-0.05, 0) is 55.8 Å². The van der Waals surface area contributed by atoms with E-state index in [0.717, 1.165) is 16.6 Å². The number of nitrogens with zero attached hydrogens (tertiary/aromatic N) is 2. The van der Waals surface area contributed by atoms with Gasteiger partial charge in [0.15, 0.2) is 0 Å². The second kappa shape index (κ2) is 9.14. The maximum absolute atomic E-state index is 13.1. The Kier molecular flexibility index (Phi) is 6.30. The van der Waals surface area contributed by atoms with E-state index in [9.17, 15) is 9.59 Å². The van der Waals surface area contributed by atoms with Crippen molar-refractivity contribution < 1.29 is 14.3 Å². The van der Waals surface area contributed by atoms with Crippen LogP contribution in [0.1, 0.15) is 45.1 Å². The molecular formula is C24H25ClN4O3. The lowest BCUT2D eigenvalue weighted by molar-refractivity contribution is 0.0679. The molecule has 0 saturated carbocycles. The fourth-order valence-corrected chi connectivity index (χ4v) is 3.95. The van der Waals surface area contributed by atoms with E-state index < -0.39 is 6.04 Å². The molecule has 0 aliphatic carbocycles. The van der Waals surface area contributed by atoms with Crippen molar-refractivity contribution in [2.24, 2.45) is 0 Å². The third kappa shape index (κ3) is 4.40. The Labute approximate surface area is 191 Å². The zero-order chi connectivity index (χ0) is 22.8. The molecule has 2 N–H and O–H groups in total. The number of benzene rings is 2. The first-order chi connectivity index (χ1) is 15.4. The number of ether oxygens (including phenoxy) is 1. The molecule has 0 fully saturated rings. The lowest BCUT2D eigenvalue weighted by Gasteiger charge is -2.22. The van der Waals surface area contributed by atoms with Crippen LogP contribution in [0.15, 0.2) is 48.6 Å². The van der Waals surface area contributed by atoms with Gasteiger partial charge in [0.2, 0.25) is 0 Å². The molecule has 2 heterocycles. The van der Waals surface area contributed by atoms with E-state index in [2.05, 4.69) is 15.3 Å². The van der Waals surface area contributed by atoms with Crippen LogP contribution in [0.3, 0.4) is 0 Å². The minimum Gasteiger partial charge on any atom is -0.379 e. The van der Waals surface area contributed by atoms with Crippen molar-refractivity contribution in [3.8, 4) is 0 Å². The van der Waals surface area contributed by atoms with Crippen molar-refractivity contribution in [3.05, 3.63) is 76.1 Å². The number of halogens is 1. The van der Waals surface area contributed by atoms with Gasteiger partial charge in [0.05, 0.1) is 17.1 Å². The number of amides is 2. The number of carbonyl (C=O) groups is 2. The molecule has 7 nitrogen and oxygen atoms in total. The van der Waals surface area contributed by atoms with Crippen molar-refractivity contribution in [3.63, 3.8) is 0 Å². The van der Waals surface area contributed by atoms with Gasteiger partial charge in [-0.2, -0.15) is 0 Å². The highest BCUT2D eigenvalue weighted by Gasteiger charge is 2.26. The van der Waals surface area contributed by atoms with E-state index in [4.69, 9.17) is 16.3 Å². The van der Waals surface area contributed by atoms with E-state index in [-0.39, 0.29) is 17.9 Å². The second-order valence-corrected chi connectivity index (χ2v) is 8.32. The molecule has 2 amide bonds. The fourth-order valence-electron chi connectivity index (χ4n) is 3.78. The van der Waals surface area contributed by atoms with Gasteiger partial charge in [0.1, 0.15) is 11.9 Å². The Hall–Kier alpha value is -3.16. The molecule has 32 heavy (non-hydrogen) atoms. The van der Waals surface area contributed by atoms with Crippen LogP contribution in [0, 0.1) is 6.92 Å². The fraction of sp³-hybridized carbons (Fsp3) is 0.292. The Morgan fingerprint density at radius 3 is 2.62 bits per heavy atom. The molecule has 0 bridgehead atoms. The number of nitrogens with one attached hydrogen (secondary N) is 2. The van der Waals surface area contributed by atoms with Gasteiger partial charge < -0.3 is 19.9 Å². The van der Waals surface area contributed by atoms with E-state index >= 15 is 0 Å². The largest absolute Gasteiger partial charge is 0.379 e. The van der Waals surface area contributed by atoms with Crippen molar-refractivity contribution in [2.75, 3.05) is 20.2 Å². The molecular weight excluding hydrogens is 428 g/mol. The maximum Gasteiger partial charge on any atom is 0.254 e. The molecule has 3 aromatic rings. The predicted octanol–water partition coefficient (Wildman–Crippen LogP) is 4.04. The summed E-state index contributed by atoms with van der Waals surface area (Å²) in [6, 6.07) is 10.00. The third-order valence-corrected chi connectivity index (χ3v) is 5.94. The summed E-state index contributed by atoms with van der Waals surface area (Å²) in [5, 5.41) is 3.61. The van der Waals surface area contributed by atoms with Gasteiger partial charge in [0, 0.05) is 36.3 Å². The first-order valence-corrected chi connectivity index (χ1v) is 10.8. The molecule has 0 radical (unpaired) electrons. The van der Waals surface area contributed by atoms with Gasteiger partial charge in [0.25, 0.3) is 11.8 Å². The summed E-state index contributed by atoms with van der Waals surface area (Å²) in [6.45, 7) is 4.92. The molecule has 166 valence electrons. The van der Waals surface area contributed by atoms with E-state index in [1.54, 1.807) is 42.3 Å². The lowest BCUT2D eigenvalue weighted by atomic mass is 10.0. The van der Waals surface area contributed by atoms with E-state index in [1.165, 1.54) is 0 Å². The molecule has 2 atom stereocenters. The second-order valence-electron chi connectivity index (χ2n) is 7.89. The van der Waals surface area contributed by atoms with E-state index in [1.807, 2.05) is 32.1 Å². The highest BCUT2D eigenvalue weighted by atomic mass is 35.5. The quantitative estimate of drug-likeness (QED) is 0.552. The summed E-state index contributed by atoms with van der Waals surface area (Å²) in [7, 11) is 1.58. The minimum absolute atomic E-state index is 0.0359. The number of methoxy groups -OCH3 is 1. The summed E-state index contributed by atoms with van der Waals surface area (Å²) >= 11 is 6.08. The summed E-state index contributed by atoms with van der Waals surface area (Å²) in [5.41, 5.74) is 3.35. The first kappa shape index (κ1) is 22.0. The average Bonchev–Trinajstić information content (AvgIpc) is 3.46. The number of aromatic nitrogens is 2. The van der Waals surface area contributed by atoms with Crippen LogP contribution in [0.2, 0.25) is 5.02 Å².